The normalized spacial score (nSPS) is 11.2. The van der Waals surface area contributed by atoms with Crippen LogP contribution in [-0.2, 0) is 11.1 Å². The molecule has 23 heavy (non-hydrogen) atoms. The summed E-state index contributed by atoms with van der Waals surface area (Å²) in [7, 11) is -0.456. The van der Waals surface area contributed by atoms with Crippen LogP contribution in [0.2, 0.25) is 0 Å². The fourth-order valence-corrected chi connectivity index (χ4v) is 5.28. The Hall–Kier alpha value is -2.15. The van der Waals surface area contributed by atoms with Crippen molar-refractivity contribution in [1.82, 2.24) is 0 Å². The van der Waals surface area contributed by atoms with Gasteiger partial charge in [0.1, 0.15) is 7.28 Å². The highest BCUT2D eigenvalue weighted by Gasteiger charge is 2.24. The minimum absolute atomic E-state index is 0.645. The minimum atomic E-state index is -2.22. The van der Waals surface area contributed by atoms with Crippen molar-refractivity contribution in [1.29, 1.82) is 0 Å². The third-order valence-corrected chi connectivity index (χ3v) is 6.84. The molecule has 0 N–H and O–H groups in total. The smallest absolute Gasteiger partial charge is 0.143 e. The van der Waals surface area contributed by atoms with Crippen molar-refractivity contribution < 1.29 is 4.52 Å². The van der Waals surface area contributed by atoms with E-state index in [4.69, 9.17) is 9.27 Å². The molecule has 0 aliphatic rings. The number of nitrogens with zero attached hydrogens (tertiary/aromatic N) is 1. The van der Waals surface area contributed by atoms with Crippen LogP contribution in [0.5, 0.6) is 0 Å². The molecule has 3 rings (SSSR count). The third-order valence-electron chi connectivity index (χ3n) is 3.77. The summed E-state index contributed by atoms with van der Waals surface area (Å²) in [5.74, 6) is 0. The molecule has 0 radical (unpaired) electrons. The molecule has 3 aromatic rings. The maximum Gasteiger partial charge on any atom is 0.143 e. The van der Waals surface area contributed by atoms with E-state index in [0.717, 1.165) is 10.6 Å². The van der Waals surface area contributed by atoms with Crippen LogP contribution in [0.3, 0.4) is 0 Å². The number of benzene rings is 3. The van der Waals surface area contributed by atoms with E-state index in [9.17, 15) is 0 Å². The Labute approximate surface area is 137 Å². The molecule has 0 saturated heterocycles. The van der Waals surface area contributed by atoms with Gasteiger partial charge in [-0.05, 0) is 5.56 Å². The Morgan fingerprint density at radius 2 is 1.13 bits per heavy atom. The van der Waals surface area contributed by atoms with Gasteiger partial charge in [-0.2, -0.15) is 0 Å². The summed E-state index contributed by atoms with van der Waals surface area (Å²) in [6.07, 6.45) is 0. The van der Waals surface area contributed by atoms with E-state index >= 15 is 0 Å². The van der Waals surface area contributed by atoms with E-state index in [1.807, 2.05) is 54.6 Å². The first-order valence-electron chi connectivity index (χ1n) is 7.64. The lowest BCUT2D eigenvalue weighted by Crippen LogP contribution is -2.17. The van der Waals surface area contributed by atoms with Crippen molar-refractivity contribution in [2.24, 2.45) is 4.74 Å². The summed E-state index contributed by atoms with van der Waals surface area (Å²) >= 11 is 0. The fraction of sp³-hybridized carbons (Fsp3) is 0.100. The molecule has 0 amide bonds. The molecule has 0 bridgehead atoms. The topological polar surface area (TPSA) is 21.6 Å². The summed E-state index contributed by atoms with van der Waals surface area (Å²) in [6.45, 7) is 0.645. The first-order chi connectivity index (χ1) is 11.3. The molecule has 0 atom stereocenters. The summed E-state index contributed by atoms with van der Waals surface area (Å²) in [5, 5.41) is 2.29. The second-order valence-corrected chi connectivity index (χ2v) is 8.05. The molecular weight excluding hydrogens is 301 g/mol. The average molecular weight is 321 g/mol. The van der Waals surface area contributed by atoms with E-state index in [1.165, 1.54) is 5.56 Å². The summed E-state index contributed by atoms with van der Waals surface area (Å²) in [5.41, 5.74) is 1.20. The molecule has 0 aliphatic carbocycles. The standard InChI is InChI=1S/C20H20NOP/c1-22-23(19-13-7-3-8-14-19,20-15-9-4-10-16-20)21-17-18-11-5-2-6-12-18/h2-16H,17H2,1H3. The van der Waals surface area contributed by atoms with Crippen LogP contribution in [0.15, 0.2) is 95.7 Å². The highest BCUT2D eigenvalue weighted by molar-refractivity contribution is 7.76. The fourth-order valence-electron chi connectivity index (χ4n) is 2.61. The van der Waals surface area contributed by atoms with E-state index in [0.29, 0.717) is 6.54 Å². The van der Waals surface area contributed by atoms with E-state index < -0.39 is 7.28 Å². The summed E-state index contributed by atoms with van der Waals surface area (Å²) in [4.78, 5) is 0. The highest BCUT2D eigenvalue weighted by Crippen LogP contribution is 2.48. The molecule has 2 nitrogen and oxygen atoms in total. The quantitative estimate of drug-likeness (QED) is 0.629. The van der Waals surface area contributed by atoms with Gasteiger partial charge in [0.2, 0.25) is 0 Å². The molecule has 0 aromatic heterocycles. The van der Waals surface area contributed by atoms with Crippen LogP contribution in [0, 0.1) is 0 Å². The SMILES string of the molecule is COP(=NCc1ccccc1)(c1ccccc1)c1ccccc1. The van der Waals surface area contributed by atoms with Crippen molar-refractivity contribution in [2.45, 2.75) is 6.54 Å². The largest absolute Gasteiger partial charge is 0.340 e. The lowest BCUT2D eigenvalue weighted by molar-refractivity contribution is 0.464. The monoisotopic (exact) mass is 321 g/mol. The molecule has 0 aliphatic heterocycles. The van der Waals surface area contributed by atoms with Crippen LogP contribution >= 0.6 is 7.28 Å². The lowest BCUT2D eigenvalue weighted by Gasteiger charge is -2.24. The van der Waals surface area contributed by atoms with Crippen LogP contribution in [0.25, 0.3) is 0 Å². The Morgan fingerprint density at radius 1 is 0.696 bits per heavy atom. The number of hydrogen-bond acceptors (Lipinski definition) is 2. The average Bonchev–Trinajstić information content (AvgIpc) is 2.65. The van der Waals surface area contributed by atoms with Crippen molar-refractivity contribution in [3.05, 3.63) is 96.6 Å². The Kier molecular flexibility index (Phi) is 5.07. The second kappa shape index (κ2) is 7.41. The van der Waals surface area contributed by atoms with Crippen LogP contribution in [-0.4, -0.2) is 7.11 Å². The predicted octanol–water partition coefficient (Wildman–Crippen LogP) is 4.60. The highest BCUT2D eigenvalue weighted by atomic mass is 31.2. The van der Waals surface area contributed by atoms with Crippen LogP contribution < -0.4 is 10.6 Å². The zero-order valence-electron chi connectivity index (χ0n) is 13.2. The van der Waals surface area contributed by atoms with E-state index in [1.54, 1.807) is 7.11 Å². The van der Waals surface area contributed by atoms with Gasteiger partial charge in [0.05, 0.1) is 6.54 Å². The van der Waals surface area contributed by atoms with Gasteiger partial charge < -0.3 is 4.52 Å². The van der Waals surface area contributed by atoms with Crippen molar-refractivity contribution in [2.75, 3.05) is 7.11 Å². The molecule has 0 heterocycles. The Balaban J connectivity index is 2.13. The number of rotatable bonds is 5. The molecule has 3 heteroatoms. The van der Waals surface area contributed by atoms with Gasteiger partial charge in [0.25, 0.3) is 0 Å². The molecular formula is C20H20NOP. The van der Waals surface area contributed by atoms with Crippen LogP contribution in [0.4, 0.5) is 0 Å². The second-order valence-electron chi connectivity index (χ2n) is 5.21. The van der Waals surface area contributed by atoms with E-state index in [2.05, 4.69) is 36.4 Å². The summed E-state index contributed by atoms with van der Waals surface area (Å²) in [6, 6.07) is 31.0. The Bertz CT molecular complexity index is 742. The molecule has 0 saturated carbocycles. The van der Waals surface area contributed by atoms with Gasteiger partial charge in [-0.3, -0.25) is 4.74 Å². The predicted molar refractivity (Wildman–Crippen MR) is 98.7 cm³/mol. The third kappa shape index (κ3) is 3.44. The molecule has 0 unspecified atom stereocenters. The van der Waals surface area contributed by atoms with Crippen LogP contribution in [0.1, 0.15) is 5.56 Å². The number of hydrogen-bond donors (Lipinski definition) is 0. The molecule has 0 fully saturated rings. The van der Waals surface area contributed by atoms with Crippen molar-refractivity contribution in [3.63, 3.8) is 0 Å². The first kappa shape index (κ1) is 15.7. The van der Waals surface area contributed by atoms with Gasteiger partial charge in [-0.25, -0.2) is 0 Å². The maximum absolute atomic E-state index is 6.08. The molecule has 3 aromatic carbocycles. The zero-order valence-corrected chi connectivity index (χ0v) is 14.1. The van der Waals surface area contributed by atoms with Gasteiger partial charge in [-0.1, -0.05) is 91.0 Å². The minimum Gasteiger partial charge on any atom is -0.340 e. The maximum atomic E-state index is 6.08. The van der Waals surface area contributed by atoms with Crippen molar-refractivity contribution >= 4 is 17.9 Å². The first-order valence-corrected chi connectivity index (χ1v) is 9.30. The summed E-state index contributed by atoms with van der Waals surface area (Å²) < 4.78 is 11.1. The van der Waals surface area contributed by atoms with Gasteiger partial charge in [0, 0.05) is 17.7 Å². The molecule has 116 valence electrons. The van der Waals surface area contributed by atoms with Gasteiger partial charge >= 0.3 is 0 Å². The lowest BCUT2D eigenvalue weighted by atomic mass is 10.2. The van der Waals surface area contributed by atoms with Gasteiger partial charge in [-0.15, -0.1) is 0 Å². The molecule has 0 spiro atoms. The zero-order chi connectivity index (χ0) is 16.0. The van der Waals surface area contributed by atoms with Crippen molar-refractivity contribution in [3.8, 4) is 0 Å². The van der Waals surface area contributed by atoms with Gasteiger partial charge in [0.15, 0.2) is 0 Å². The Morgan fingerprint density at radius 3 is 1.57 bits per heavy atom. The van der Waals surface area contributed by atoms with E-state index in [-0.39, 0.29) is 0 Å².